The maximum atomic E-state index is 12.2. The van der Waals surface area contributed by atoms with Crippen molar-refractivity contribution in [3.05, 3.63) is 11.8 Å². The van der Waals surface area contributed by atoms with Gasteiger partial charge in [0.05, 0.1) is 4.75 Å². The third-order valence-electron chi connectivity index (χ3n) is 3.35. The molecule has 1 unspecified atom stereocenters. The van der Waals surface area contributed by atoms with Crippen molar-refractivity contribution in [3.63, 3.8) is 0 Å². The van der Waals surface area contributed by atoms with Crippen LogP contribution in [0.25, 0.3) is 0 Å². The Morgan fingerprint density at radius 2 is 2.25 bits per heavy atom. The van der Waals surface area contributed by atoms with Gasteiger partial charge in [0.2, 0.25) is 0 Å². The number of hydrogen-bond donors (Lipinski definition) is 1. The number of hydrogen-bond acceptors (Lipinski definition) is 4. The summed E-state index contributed by atoms with van der Waals surface area (Å²) in [5.41, 5.74) is 0. The molecule has 7 heteroatoms. The lowest BCUT2D eigenvalue weighted by Gasteiger charge is -2.36. The van der Waals surface area contributed by atoms with Crippen molar-refractivity contribution in [2.75, 3.05) is 24.2 Å². The van der Waals surface area contributed by atoms with E-state index in [9.17, 15) is 9.00 Å². The van der Waals surface area contributed by atoms with E-state index in [-0.39, 0.29) is 16.7 Å². The minimum Gasteiger partial charge on any atom is -0.359 e. The zero-order chi connectivity index (χ0) is 14.9. The Kier molecular flexibility index (Phi) is 4.17. The van der Waals surface area contributed by atoms with Gasteiger partial charge in [-0.05, 0) is 13.8 Å². The number of urea groups is 1. The predicted octanol–water partition coefficient (Wildman–Crippen LogP) is 2.17. The number of carbonyl (C=O) groups is 1. The molecular weight excluding hydrogens is 278 g/mol. The van der Waals surface area contributed by atoms with Crippen LogP contribution in [0, 0.1) is 0 Å². The van der Waals surface area contributed by atoms with E-state index in [1.165, 1.54) is 0 Å². The second-order valence-electron chi connectivity index (χ2n) is 5.93. The third kappa shape index (κ3) is 3.20. The molecule has 0 spiro atoms. The third-order valence-corrected chi connectivity index (χ3v) is 5.27. The summed E-state index contributed by atoms with van der Waals surface area (Å²) < 4.78 is 16.6. The number of aromatic nitrogens is 1. The molecule has 6 nitrogen and oxygen atoms in total. The summed E-state index contributed by atoms with van der Waals surface area (Å²) in [6.07, 6.45) is 0. The van der Waals surface area contributed by atoms with E-state index >= 15 is 0 Å². The first-order chi connectivity index (χ1) is 9.29. The molecule has 1 atom stereocenters. The van der Waals surface area contributed by atoms with Crippen molar-refractivity contribution in [3.8, 4) is 0 Å². The molecule has 1 aromatic rings. The van der Waals surface area contributed by atoms with Crippen LogP contribution < -0.4 is 5.32 Å². The number of carbonyl (C=O) groups excluding carboxylic acids is 1. The average Bonchev–Trinajstić information content (AvgIpc) is 2.81. The number of nitrogens with zero attached hydrogens (tertiary/aromatic N) is 2. The van der Waals surface area contributed by atoms with Gasteiger partial charge in [-0.15, -0.1) is 0 Å². The number of rotatable bonds is 2. The molecule has 1 aliphatic rings. The van der Waals surface area contributed by atoms with Gasteiger partial charge in [0.25, 0.3) is 0 Å². The Hall–Kier alpha value is -1.37. The van der Waals surface area contributed by atoms with Crippen LogP contribution >= 0.6 is 0 Å². The molecule has 1 saturated heterocycles. The maximum absolute atomic E-state index is 12.2. The van der Waals surface area contributed by atoms with Crippen LogP contribution in [0.1, 0.15) is 39.4 Å². The standard InChI is InChI=1S/C13H21N3O3S/c1-9(2)10-7-11(15-19-10)14-12(17)16-5-6-20(18)13(3,4)8-16/h7,9H,5-6,8H2,1-4H3,(H,14,15,17). The maximum Gasteiger partial charge on any atom is 0.323 e. The van der Waals surface area contributed by atoms with Crippen LogP contribution in [0.2, 0.25) is 0 Å². The highest BCUT2D eigenvalue weighted by molar-refractivity contribution is 7.86. The summed E-state index contributed by atoms with van der Waals surface area (Å²) in [6, 6.07) is 1.51. The molecule has 1 fully saturated rings. The van der Waals surface area contributed by atoms with Gasteiger partial charge < -0.3 is 9.42 Å². The van der Waals surface area contributed by atoms with E-state index in [1.54, 1.807) is 11.0 Å². The molecule has 112 valence electrons. The van der Waals surface area contributed by atoms with Crippen LogP contribution in [0.3, 0.4) is 0 Å². The van der Waals surface area contributed by atoms with Crippen molar-refractivity contribution in [1.29, 1.82) is 0 Å². The van der Waals surface area contributed by atoms with E-state index in [0.29, 0.717) is 24.7 Å². The molecule has 0 radical (unpaired) electrons. The molecule has 1 aliphatic heterocycles. The molecule has 0 aromatic carbocycles. The van der Waals surface area contributed by atoms with E-state index in [1.807, 2.05) is 27.7 Å². The summed E-state index contributed by atoms with van der Waals surface area (Å²) in [6.45, 7) is 8.78. The number of nitrogens with one attached hydrogen (secondary N) is 1. The molecule has 20 heavy (non-hydrogen) atoms. The molecule has 0 aliphatic carbocycles. The van der Waals surface area contributed by atoms with Crippen LogP contribution in [0.4, 0.5) is 10.6 Å². The first-order valence-corrected chi connectivity index (χ1v) is 8.02. The van der Waals surface area contributed by atoms with Gasteiger partial charge >= 0.3 is 6.03 Å². The monoisotopic (exact) mass is 299 g/mol. The minimum atomic E-state index is -0.892. The van der Waals surface area contributed by atoms with Gasteiger partial charge in [-0.3, -0.25) is 9.53 Å². The zero-order valence-corrected chi connectivity index (χ0v) is 13.1. The lowest BCUT2D eigenvalue weighted by Crippen LogP contribution is -2.53. The summed E-state index contributed by atoms with van der Waals surface area (Å²) in [5.74, 6) is 1.89. The summed E-state index contributed by atoms with van der Waals surface area (Å²) in [4.78, 5) is 13.8. The minimum absolute atomic E-state index is 0.224. The normalized spacial score (nSPS) is 22.1. The van der Waals surface area contributed by atoms with E-state index in [4.69, 9.17) is 4.52 Å². The zero-order valence-electron chi connectivity index (χ0n) is 12.3. The van der Waals surface area contributed by atoms with E-state index < -0.39 is 10.8 Å². The first kappa shape index (κ1) is 15.0. The fourth-order valence-electron chi connectivity index (χ4n) is 2.06. The Morgan fingerprint density at radius 3 is 2.80 bits per heavy atom. The Morgan fingerprint density at radius 1 is 1.55 bits per heavy atom. The van der Waals surface area contributed by atoms with Gasteiger partial charge in [-0.2, -0.15) is 0 Å². The van der Waals surface area contributed by atoms with Crippen molar-refractivity contribution in [2.24, 2.45) is 0 Å². The lowest BCUT2D eigenvalue weighted by atomic mass is 10.2. The summed E-state index contributed by atoms with van der Waals surface area (Å²) >= 11 is 0. The molecule has 1 aromatic heterocycles. The van der Waals surface area contributed by atoms with Crippen LogP contribution in [0.15, 0.2) is 10.6 Å². The van der Waals surface area contributed by atoms with Gasteiger partial charge in [-0.1, -0.05) is 19.0 Å². The SMILES string of the molecule is CC(C)c1cc(NC(=O)N2CCS(=O)C(C)(C)C2)no1. The molecule has 1 N–H and O–H groups in total. The highest BCUT2D eigenvalue weighted by atomic mass is 32.2. The van der Waals surface area contributed by atoms with Crippen molar-refractivity contribution < 1.29 is 13.5 Å². The second-order valence-corrected chi connectivity index (χ2v) is 8.13. The van der Waals surface area contributed by atoms with E-state index in [2.05, 4.69) is 10.5 Å². The predicted molar refractivity (Wildman–Crippen MR) is 78.3 cm³/mol. The lowest BCUT2D eigenvalue weighted by molar-refractivity contribution is 0.207. The Bertz CT molecular complexity index is 525. The van der Waals surface area contributed by atoms with Crippen molar-refractivity contribution >= 4 is 22.6 Å². The Balaban J connectivity index is 1.99. The largest absolute Gasteiger partial charge is 0.359 e. The first-order valence-electron chi connectivity index (χ1n) is 6.70. The molecule has 2 heterocycles. The summed E-state index contributed by atoms with van der Waals surface area (Å²) in [5, 5.41) is 6.55. The second kappa shape index (κ2) is 5.55. The van der Waals surface area contributed by atoms with Crippen LogP contribution in [0.5, 0.6) is 0 Å². The molecule has 0 saturated carbocycles. The smallest absolute Gasteiger partial charge is 0.323 e. The molecule has 0 bridgehead atoms. The highest BCUT2D eigenvalue weighted by Gasteiger charge is 2.35. The van der Waals surface area contributed by atoms with Crippen molar-refractivity contribution in [2.45, 2.75) is 38.4 Å². The molecular formula is C13H21N3O3S. The average molecular weight is 299 g/mol. The molecule has 2 amide bonds. The number of amides is 2. The van der Waals surface area contributed by atoms with Crippen molar-refractivity contribution in [1.82, 2.24) is 10.1 Å². The van der Waals surface area contributed by atoms with Gasteiger partial charge in [0.15, 0.2) is 5.82 Å². The topological polar surface area (TPSA) is 75.4 Å². The Labute approximate surface area is 121 Å². The number of anilines is 1. The summed E-state index contributed by atoms with van der Waals surface area (Å²) in [7, 11) is -0.892. The van der Waals surface area contributed by atoms with Gasteiger partial charge in [0.1, 0.15) is 5.76 Å². The van der Waals surface area contributed by atoms with Gasteiger partial charge in [-0.25, -0.2) is 4.79 Å². The molecule has 2 rings (SSSR count). The van der Waals surface area contributed by atoms with Crippen LogP contribution in [-0.2, 0) is 10.8 Å². The van der Waals surface area contributed by atoms with Gasteiger partial charge in [0, 0.05) is 41.6 Å². The quantitative estimate of drug-likeness (QED) is 0.908. The van der Waals surface area contributed by atoms with Crippen LogP contribution in [-0.4, -0.2) is 43.9 Å². The fraction of sp³-hybridized carbons (Fsp3) is 0.692. The fourth-order valence-corrected chi connectivity index (χ4v) is 3.30. The highest BCUT2D eigenvalue weighted by Crippen LogP contribution is 2.22. The van der Waals surface area contributed by atoms with E-state index in [0.717, 1.165) is 5.76 Å².